The van der Waals surface area contributed by atoms with Crippen molar-refractivity contribution < 1.29 is 14.7 Å². The van der Waals surface area contributed by atoms with Crippen molar-refractivity contribution in [2.45, 2.75) is 39.7 Å². The fraction of sp³-hybridized carbons (Fsp3) is 0.643. The second-order valence-electron chi connectivity index (χ2n) is 5.09. The van der Waals surface area contributed by atoms with E-state index in [1.54, 1.807) is 9.58 Å². The number of carbonyl (C=O) groups is 2. The summed E-state index contributed by atoms with van der Waals surface area (Å²) in [4.78, 5) is 25.2. The molecule has 1 aliphatic rings. The molecule has 0 spiro atoms. The fourth-order valence-corrected chi connectivity index (χ4v) is 2.55. The second kappa shape index (κ2) is 6.07. The Hall–Kier alpha value is -1.85. The Morgan fingerprint density at radius 3 is 2.50 bits per heavy atom. The number of rotatable bonds is 4. The molecule has 1 aromatic heterocycles. The third kappa shape index (κ3) is 2.84. The van der Waals surface area contributed by atoms with E-state index in [2.05, 4.69) is 5.10 Å². The molecular formula is C14H21N3O3. The van der Waals surface area contributed by atoms with Crippen LogP contribution in [0.5, 0.6) is 0 Å². The van der Waals surface area contributed by atoms with E-state index in [0.717, 1.165) is 12.1 Å². The van der Waals surface area contributed by atoms with Gasteiger partial charge in [0.05, 0.1) is 11.6 Å². The van der Waals surface area contributed by atoms with Gasteiger partial charge >= 0.3 is 5.97 Å². The van der Waals surface area contributed by atoms with Crippen LogP contribution in [0.1, 0.15) is 42.9 Å². The maximum absolute atomic E-state index is 12.5. The highest BCUT2D eigenvalue weighted by Crippen LogP contribution is 2.19. The Morgan fingerprint density at radius 2 is 2.00 bits per heavy atom. The molecule has 0 atom stereocenters. The van der Waals surface area contributed by atoms with Crippen LogP contribution in [0.2, 0.25) is 0 Å². The number of piperidine rings is 1. The lowest BCUT2D eigenvalue weighted by atomic mass is 9.97. The van der Waals surface area contributed by atoms with Crippen LogP contribution in [0.25, 0.3) is 0 Å². The zero-order valence-electron chi connectivity index (χ0n) is 12.0. The average Bonchev–Trinajstić information content (AvgIpc) is 2.90. The fourth-order valence-electron chi connectivity index (χ4n) is 2.55. The van der Waals surface area contributed by atoms with Gasteiger partial charge in [-0.25, -0.2) is 0 Å². The molecule has 1 N–H and O–H groups in total. The van der Waals surface area contributed by atoms with Crippen LogP contribution < -0.4 is 0 Å². The van der Waals surface area contributed by atoms with Crippen LogP contribution in [0.15, 0.2) is 6.07 Å². The van der Waals surface area contributed by atoms with Gasteiger partial charge in [-0.05, 0) is 32.3 Å². The molecule has 1 aromatic rings. The van der Waals surface area contributed by atoms with E-state index in [1.165, 1.54) is 0 Å². The number of carboxylic acids is 1. The molecule has 1 fully saturated rings. The SMILES string of the molecule is CCc1cc(C(=O)N2CCC(C(=O)O)CC2)n(CC)n1. The van der Waals surface area contributed by atoms with Gasteiger partial charge in [0.2, 0.25) is 0 Å². The highest BCUT2D eigenvalue weighted by Gasteiger charge is 2.28. The largest absolute Gasteiger partial charge is 0.481 e. The monoisotopic (exact) mass is 279 g/mol. The first-order valence-corrected chi connectivity index (χ1v) is 7.15. The van der Waals surface area contributed by atoms with Crippen molar-refractivity contribution in [2.75, 3.05) is 13.1 Å². The summed E-state index contributed by atoms with van der Waals surface area (Å²) in [5.74, 6) is -1.12. The minimum Gasteiger partial charge on any atom is -0.481 e. The maximum atomic E-state index is 12.5. The zero-order chi connectivity index (χ0) is 14.7. The number of amides is 1. The molecule has 0 aliphatic carbocycles. The van der Waals surface area contributed by atoms with Gasteiger partial charge in [-0.3, -0.25) is 14.3 Å². The summed E-state index contributed by atoms with van der Waals surface area (Å²) >= 11 is 0. The van der Waals surface area contributed by atoms with E-state index in [9.17, 15) is 9.59 Å². The molecule has 20 heavy (non-hydrogen) atoms. The third-order valence-electron chi connectivity index (χ3n) is 3.84. The predicted molar refractivity (Wildman–Crippen MR) is 73.5 cm³/mol. The highest BCUT2D eigenvalue weighted by atomic mass is 16.4. The number of hydrogen-bond donors (Lipinski definition) is 1. The minimum atomic E-state index is -0.760. The standard InChI is InChI=1S/C14H21N3O3/c1-3-11-9-12(17(4-2)15-11)13(18)16-7-5-10(6-8-16)14(19)20/h9-10H,3-8H2,1-2H3,(H,19,20). The topological polar surface area (TPSA) is 75.4 Å². The Balaban J connectivity index is 2.09. The van der Waals surface area contributed by atoms with Crippen molar-refractivity contribution in [1.82, 2.24) is 14.7 Å². The van der Waals surface area contributed by atoms with Crippen molar-refractivity contribution in [3.63, 3.8) is 0 Å². The Morgan fingerprint density at radius 1 is 1.35 bits per heavy atom. The quantitative estimate of drug-likeness (QED) is 0.904. The minimum absolute atomic E-state index is 0.0390. The third-order valence-corrected chi connectivity index (χ3v) is 3.84. The second-order valence-corrected chi connectivity index (χ2v) is 5.09. The van der Waals surface area contributed by atoms with Gasteiger partial charge in [-0.2, -0.15) is 5.10 Å². The molecule has 2 rings (SSSR count). The normalized spacial score (nSPS) is 16.4. The molecule has 0 aromatic carbocycles. The van der Waals surface area contributed by atoms with Crippen LogP contribution in [-0.2, 0) is 17.8 Å². The Kier molecular flexibility index (Phi) is 4.42. The molecular weight excluding hydrogens is 258 g/mol. The number of aliphatic carboxylic acids is 1. The van der Waals surface area contributed by atoms with Crippen LogP contribution in [0, 0.1) is 5.92 Å². The van der Waals surface area contributed by atoms with Gasteiger partial charge in [0.1, 0.15) is 5.69 Å². The number of aromatic nitrogens is 2. The number of likely N-dealkylation sites (tertiary alicyclic amines) is 1. The lowest BCUT2D eigenvalue weighted by molar-refractivity contribution is -0.143. The van der Waals surface area contributed by atoms with Gasteiger partial charge < -0.3 is 10.0 Å². The van der Waals surface area contributed by atoms with E-state index >= 15 is 0 Å². The van der Waals surface area contributed by atoms with Crippen LogP contribution in [0.3, 0.4) is 0 Å². The number of aryl methyl sites for hydroxylation is 2. The van der Waals surface area contributed by atoms with Gasteiger partial charge in [0, 0.05) is 19.6 Å². The number of carboxylic acid groups (broad SMARTS) is 1. The van der Waals surface area contributed by atoms with Crippen molar-refractivity contribution >= 4 is 11.9 Å². The predicted octanol–water partition coefficient (Wildman–Crippen LogP) is 1.40. The summed E-state index contributed by atoms with van der Waals surface area (Å²) in [5, 5.41) is 13.4. The van der Waals surface area contributed by atoms with E-state index < -0.39 is 5.97 Å². The first kappa shape index (κ1) is 14.6. The molecule has 0 bridgehead atoms. The van der Waals surface area contributed by atoms with Gasteiger partial charge in [-0.1, -0.05) is 6.92 Å². The maximum Gasteiger partial charge on any atom is 0.306 e. The van der Waals surface area contributed by atoms with Crippen molar-refractivity contribution in [2.24, 2.45) is 5.92 Å². The van der Waals surface area contributed by atoms with Gasteiger partial charge in [0.25, 0.3) is 5.91 Å². The van der Waals surface area contributed by atoms with Crippen molar-refractivity contribution in [3.8, 4) is 0 Å². The average molecular weight is 279 g/mol. The zero-order valence-corrected chi connectivity index (χ0v) is 12.0. The Bertz CT molecular complexity index is 502. The first-order valence-electron chi connectivity index (χ1n) is 7.15. The van der Waals surface area contributed by atoms with Gasteiger partial charge in [0.15, 0.2) is 0 Å². The number of carbonyl (C=O) groups excluding carboxylic acids is 1. The lowest BCUT2D eigenvalue weighted by Crippen LogP contribution is -2.41. The molecule has 0 unspecified atom stereocenters. The van der Waals surface area contributed by atoms with Crippen molar-refractivity contribution in [1.29, 1.82) is 0 Å². The highest BCUT2D eigenvalue weighted by molar-refractivity contribution is 5.93. The molecule has 6 heteroatoms. The van der Waals surface area contributed by atoms with E-state index in [1.807, 2.05) is 19.9 Å². The molecule has 1 saturated heterocycles. The van der Waals surface area contributed by atoms with Crippen LogP contribution >= 0.6 is 0 Å². The smallest absolute Gasteiger partial charge is 0.306 e. The molecule has 0 radical (unpaired) electrons. The molecule has 110 valence electrons. The molecule has 6 nitrogen and oxygen atoms in total. The van der Waals surface area contributed by atoms with Gasteiger partial charge in [-0.15, -0.1) is 0 Å². The lowest BCUT2D eigenvalue weighted by Gasteiger charge is -2.30. The first-order chi connectivity index (χ1) is 9.56. The number of hydrogen-bond acceptors (Lipinski definition) is 3. The molecule has 0 saturated carbocycles. The van der Waals surface area contributed by atoms with E-state index in [-0.39, 0.29) is 11.8 Å². The summed E-state index contributed by atoms with van der Waals surface area (Å²) in [7, 11) is 0. The van der Waals surface area contributed by atoms with E-state index in [0.29, 0.717) is 38.2 Å². The molecule has 1 aliphatic heterocycles. The van der Waals surface area contributed by atoms with E-state index in [4.69, 9.17) is 5.11 Å². The summed E-state index contributed by atoms with van der Waals surface area (Å²) in [6.45, 7) is 5.64. The summed E-state index contributed by atoms with van der Waals surface area (Å²) in [5.41, 5.74) is 1.52. The molecule has 1 amide bonds. The Labute approximate surface area is 118 Å². The summed E-state index contributed by atoms with van der Waals surface area (Å²) < 4.78 is 1.73. The molecule has 2 heterocycles. The van der Waals surface area contributed by atoms with Crippen LogP contribution in [-0.4, -0.2) is 44.8 Å². The summed E-state index contributed by atoms with van der Waals surface area (Å²) in [6.07, 6.45) is 1.86. The van der Waals surface area contributed by atoms with Crippen LogP contribution in [0.4, 0.5) is 0 Å². The number of nitrogens with zero attached hydrogens (tertiary/aromatic N) is 3. The summed E-state index contributed by atoms with van der Waals surface area (Å²) in [6, 6.07) is 1.84. The van der Waals surface area contributed by atoms with Crippen molar-refractivity contribution in [3.05, 3.63) is 17.5 Å².